The van der Waals surface area contributed by atoms with Crippen LogP contribution < -0.4 is 20.1 Å². The Bertz CT molecular complexity index is 1000. The standard InChI is InChI=1S/C20H18N4O3/c1-12-3-4-13(2)15(9-12)21-18-7-8-19(24-23-18)22-20(25)14-5-6-16-17(10-14)27-11-26-16/h3-10H,11H2,1-2H3,(H,21,23)(H,22,24,25). The molecule has 1 amide bonds. The second-order valence-electron chi connectivity index (χ2n) is 6.27. The van der Waals surface area contributed by atoms with Gasteiger partial charge in [-0.2, -0.15) is 0 Å². The summed E-state index contributed by atoms with van der Waals surface area (Å²) in [6.07, 6.45) is 0. The number of hydrogen-bond donors (Lipinski definition) is 2. The summed E-state index contributed by atoms with van der Waals surface area (Å²) >= 11 is 0. The van der Waals surface area contributed by atoms with Gasteiger partial charge in [-0.05, 0) is 61.4 Å². The van der Waals surface area contributed by atoms with Crippen LogP contribution in [0.15, 0.2) is 48.5 Å². The lowest BCUT2D eigenvalue weighted by molar-refractivity contribution is 0.102. The fourth-order valence-corrected chi connectivity index (χ4v) is 2.70. The summed E-state index contributed by atoms with van der Waals surface area (Å²) in [7, 11) is 0. The summed E-state index contributed by atoms with van der Waals surface area (Å²) in [5.41, 5.74) is 3.70. The van der Waals surface area contributed by atoms with Crippen LogP contribution in [-0.2, 0) is 0 Å². The van der Waals surface area contributed by atoms with Gasteiger partial charge in [0.25, 0.3) is 5.91 Å². The van der Waals surface area contributed by atoms with Crippen LogP contribution in [0.1, 0.15) is 21.5 Å². The van der Waals surface area contributed by atoms with E-state index in [4.69, 9.17) is 9.47 Å². The Morgan fingerprint density at radius 1 is 0.926 bits per heavy atom. The highest BCUT2D eigenvalue weighted by Crippen LogP contribution is 2.32. The molecule has 4 rings (SSSR count). The first-order valence-corrected chi connectivity index (χ1v) is 8.47. The number of fused-ring (bicyclic) bond motifs is 1. The number of ether oxygens (including phenoxy) is 2. The number of carbonyl (C=O) groups excluding carboxylic acids is 1. The first-order valence-electron chi connectivity index (χ1n) is 8.47. The summed E-state index contributed by atoms with van der Waals surface area (Å²) in [5.74, 6) is 1.86. The van der Waals surface area contributed by atoms with E-state index < -0.39 is 0 Å². The Hall–Kier alpha value is -3.61. The molecule has 7 heteroatoms. The number of rotatable bonds is 4. The molecule has 0 radical (unpaired) electrons. The topological polar surface area (TPSA) is 85.4 Å². The van der Waals surface area contributed by atoms with E-state index in [1.165, 1.54) is 0 Å². The van der Waals surface area contributed by atoms with E-state index in [2.05, 4.69) is 26.9 Å². The predicted molar refractivity (Wildman–Crippen MR) is 102 cm³/mol. The van der Waals surface area contributed by atoms with Crippen LogP contribution in [-0.4, -0.2) is 22.9 Å². The Morgan fingerprint density at radius 3 is 2.52 bits per heavy atom. The van der Waals surface area contributed by atoms with E-state index in [9.17, 15) is 4.79 Å². The van der Waals surface area contributed by atoms with Crippen molar-refractivity contribution in [3.63, 3.8) is 0 Å². The van der Waals surface area contributed by atoms with E-state index in [0.717, 1.165) is 16.8 Å². The highest BCUT2D eigenvalue weighted by molar-refractivity contribution is 6.04. The number of benzene rings is 2. The molecule has 0 aliphatic carbocycles. The van der Waals surface area contributed by atoms with Crippen LogP contribution in [0.3, 0.4) is 0 Å². The molecule has 0 saturated heterocycles. The molecule has 0 atom stereocenters. The summed E-state index contributed by atoms with van der Waals surface area (Å²) in [6, 6.07) is 14.6. The van der Waals surface area contributed by atoms with Gasteiger partial charge in [-0.1, -0.05) is 12.1 Å². The molecule has 0 fully saturated rings. The van der Waals surface area contributed by atoms with Crippen LogP contribution in [0.25, 0.3) is 0 Å². The molecule has 7 nitrogen and oxygen atoms in total. The third-order valence-corrected chi connectivity index (χ3v) is 4.20. The fourth-order valence-electron chi connectivity index (χ4n) is 2.70. The van der Waals surface area contributed by atoms with Crippen molar-refractivity contribution in [2.24, 2.45) is 0 Å². The maximum atomic E-state index is 12.4. The Balaban J connectivity index is 1.44. The van der Waals surface area contributed by atoms with Crippen molar-refractivity contribution in [3.05, 3.63) is 65.2 Å². The third kappa shape index (κ3) is 3.67. The molecule has 27 heavy (non-hydrogen) atoms. The normalized spacial score (nSPS) is 11.9. The zero-order valence-corrected chi connectivity index (χ0v) is 14.9. The highest BCUT2D eigenvalue weighted by Gasteiger charge is 2.16. The molecule has 2 N–H and O–H groups in total. The Kier molecular flexibility index (Phi) is 4.33. The maximum absolute atomic E-state index is 12.4. The number of nitrogens with zero attached hydrogens (tertiary/aromatic N) is 2. The van der Waals surface area contributed by atoms with Gasteiger partial charge >= 0.3 is 0 Å². The number of amides is 1. The minimum atomic E-state index is -0.294. The van der Waals surface area contributed by atoms with Crippen molar-refractivity contribution in [2.45, 2.75) is 13.8 Å². The van der Waals surface area contributed by atoms with Gasteiger partial charge in [0.05, 0.1) is 0 Å². The lowest BCUT2D eigenvalue weighted by Gasteiger charge is -2.10. The first-order chi connectivity index (χ1) is 13.1. The summed E-state index contributed by atoms with van der Waals surface area (Å²) < 4.78 is 10.5. The number of nitrogens with one attached hydrogen (secondary N) is 2. The second-order valence-corrected chi connectivity index (χ2v) is 6.27. The monoisotopic (exact) mass is 362 g/mol. The van der Waals surface area contributed by atoms with Gasteiger partial charge < -0.3 is 20.1 Å². The average molecular weight is 362 g/mol. The summed E-state index contributed by atoms with van der Waals surface area (Å²) in [5, 5.41) is 14.2. The molecular formula is C20H18N4O3. The van der Waals surface area contributed by atoms with E-state index in [-0.39, 0.29) is 12.7 Å². The largest absolute Gasteiger partial charge is 0.454 e. The number of aromatic nitrogens is 2. The molecule has 2 heterocycles. The van der Waals surface area contributed by atoms with Crippen molar-refractivity contribution in [1.82, 2.24) is 10.2 Å². The quantitative estimate of drug-likeness (QED) is 0.734. The van der Waals surface area contributed by atoms with E-state index >= 15 is 0 Å². The SMILES string of the molecule is Cc1ccc(C)c(Nc2ccc(NC(=O)c3ccc4c(c3)OCO4)nn2)c1. The van der Waals surface area contributed by atoms with Gasteiger partial charge in [0.1, 0.15) is 0 Å². The van der Waals surface area contributed by atoms with Crippen molar-refractivity contribution in [3.8, 4) is 11.5 Å². The van der Waals surface area contributed by atoms with Crippen LogP contribution in [0.2, 0.25) is 0 Å². The zero-order chi connectivity index (χ0) is 18.8. The maximum Gasteiger partial charge on any atom is 0.257 e. The molecular weight excluding hydrogens is 344 g/mol. The third-order valence-electron chi connectivity index (χ3n) is 4.20. The van der Waals surface area contributed by atoms with Gasteiger partial charge in [-0.25, -0.2) is 0 Å². The van der Waals surface area contributed by atoms with Gasteiger partial charge in [-0.3, -0.25) is 4.79 Å². The summed E-state index contributed by atoms with van der Waals surface area (Å²) in [4.78, 5) is 12.4. The number of anilines is 3. The lowest BCUT2D eigenvalue weighted by atomic mass is 10.1. The number of carbonyl (C=O) groups is 1. The molecule has 3 aromatic rings. The average Bonchev–Trinajstić information content (AvgIpc) is 3.14. The minimum Gasteiger partial charge on any atom is -0.454 e. The van der Waals surface area contributed by atoms with E-state index in [0.29, 0.717) is 28.7 Å². The molecule has 2 aromatic carbocycles. The van der Waals surface area contributed by atoms with Crippen molar-refractivity contribution in [2.75, 3.05) is 17.4 Å². The Morgan fingerprint density at radius 2 is 1.70 bits per heavy atom. The van der Waals surface area contributed by atoms with E-state index in [1.807, 2.05) is 26.0 Å². The predicted octanol–water partition coefficient (Wildman–Crippen LogP) is 3.82. The number of hydrogen-bond acceptors (Lipinski definition) is 6. The molecule has 0 bridgehead atoms. The minimum absolute atomic E-state index is 0.167. The second kappa shape index (κ2) is 6.95. The molecule has 1 aliphatic heterocycles. The van der Waals surface area contributed by atoms with Gasteiger partial charge in [-0.15, -0.1) is 10.2 Å². The lowest BCUT2D eigenvalue weighted by Crippen LogP contribution is -2.13. The van der Waals surface area contributed by atoms with Gasteiger partial charge in [0.15, 0.2) is 23.1 Å². The van der Waals surface area contributed by atoms with Crippen LogP contribution in [0.4, 0.5) is 17.3 Å². The highest BCUT2D eigenvalue weighted by atomic mass is 16.7. The fraction of sp³-hybridized carbons (Fsp3) is 0.150. The molecule has 0 saturated carbocycles. The molecule has 136 valence electrons. The molecule has 0 unspecified atom stereocenters. The van der Waals surface area contributed by atoms with Gasteiger partial charge in [0.2, 0.25) is 6.79 Å². The molecule has 1 aromatic heterocycles. The molecule has 1 aliphatic rings. The Labute approximate surface area is 156 Å². The summed E-state index contributed by atoms with van der Waals surface area (Å²) in [6.45, 7) is 4.22. The first kappa shape index (κ1) is 16.8. The zero-order valence-electron chi connectivity index (χ0n) is 14.9. The smallest absolute Gasteiger partial charge is 0.257 e. The van der Waals surface area contributed by atoms with Crippen molar-refractivity contribution in [1.29, 1.82) is 0 Å². The molecule has 0 spiro atoms. The van der Waals surface area contributed by atoms with Crippen molar-refractivity contribution < 1.29 is 14.3 Å². The number of aryl methyl sites for hydroxylation is 2. The van der Waals surface area contributed by atoms with Crippen LogP contribution in [0.5, 0.6) is 11.5 Å². The van der Waals surface area contributed by atoms with Crippen LogP contribution in [0, 0.1) is 13.8 Å². The van der Waals surface area contributed by atoms with Gasteiger partial charge in [0, 0.05) is 11.3 Å². The van der Waals surface area contributed by atoms with E-state index in [1.54, 1.807) is 30.3 Å². The van der Waals surface area contributed by atoms with Crippen molar-refractivity contribution >= 4 is 23.2 Å². The van der Waals surface area contributed by atoms with Crippen LogP contribution >= 0.6 is 0 Å².